The average molecular weight is 564 g/mol. The van der Waals surface area contributed by atoms with E-state index in [2.05, 4.69) is 10.0 Å². The molecule has 37 heavy (non-hydrogen) atoms. The Morgan fingerprint density at radius 2 is 1.78 bits per heavy atom. The summed E-state index contributed by atoms with van der Waals surface area (Å²) in [5.74, 6) is 0.0712. The third-order valence-corrected chi connectivity index (χ3v) is 8.30. The van der Waals surface area contributed by atoms with Crippen LogP contribution in [0.3, 0.4) is 0 Å². The molecule has 1 aromatic heterocycles. The van der Waals surface area contributed by atoms with Gasteiger partial charge in [-0.25, -0.2) is 22.7 Å². The summed E-state index contributed by atoms with van der Waals surface area (Å²) in [6.45, 7) is 5.86. The zero-order valence-electron chi connectivity index (χ0n) is 20.7. The Bertz CT molecular complexity index is 1520. The van der Waals surface area contributed by atoms with E-state index in [0.29, 0.717) is 39.9 Å². The summed E-state index contributed by atoms with van der Waals surface area (Å²) in [5, 5.41) is 3.85. The molecule has 0 bridgehead atoms. The highest BCUT2D eigenvalue weighted by atomic mass is 35.5. The van der Waals surface area contributed by atoms with Gasteiger partial charge in [0.2, 0.25) is 16.0 Å². The van der Waals surface area contributed by atoms with Crippen molar-refractivity contribution in [3.05, 3.63) is 79.7 Å². The van der Waals surface area contributed by atoms with Crippen LogP contribution in [-0.4, -0.2) is 47.9 Å². The molecule has 12 heteroatoms. The topological polar surface area (TPSA) is 113 Å². The van der Waals surface area contributed by atoms with Gasteiger partial charge in [0.05, 0.1) is 32.9 Å². The molecule has 196 valence electrons. The first kappa shape index (κ1) is 27.1. The van der Waals surface area contributed by atoms with Crippen molar-refractivity contribution in [2.75, 3.05) is 12.4 Å². The van der Waals surface area contributed by atoms with Crippen molar-refractivity contribution in [1.29, 1.82) is 0 Å². The Labute approximate surface area is 225 Å². The summed E-state index contributed by atoms with van der Waals surface area (Å²) in [6, 6.07) is 10.4. The number of anilines is 1. The molecule has 2 N–H and O–H groups in total. The molecule has 4 rings (SSSR count). The number of hydrogen-bond donors (Lipinski definition) is 2. The average Bonchev–Trinajstić information content (AvgIpc) is 2.85. The number of carbonyl (C=O) groups excluding carboxylic acids is 1. The van der Waals surface area contributed by atoms with Gasteiger partial charge in [0, 0.05) is 23.2 Å². The molecule has 2 heterocycles. The SMILES string of the molecule is CNS(=O)(=O)c1ccc(-n2c(NC(C)C)nc3c(c2=O)C[C@@H](C)N(C(=O)c2ccc(Cl)c(Cl)c2)C3)cc1. The van der Waals surface area contributed by atoms with Gasteiger partial charge in [0.1, 0.15) is 0 Å². The Morgan fingerprint density at radius 1 is 1.11 bits per heavy atom. The number of fused-ring (bicyclic) bond motifs is 1. The highest BCUT2D eigenvalue weighted by Gasteiger charge is 2.32. The molecule has 0 unspecified atom stereocenters. The Morgan fingerprint density at radius 3 is 2.38 bits per heavy atom. The number of carbonyl (C=O) groups is 1. The zero-order valence-corrected chi connectivity index (χ0v) is 23.1. The smallest absolute Gasteiger partial charge is 0.263 e. The molecule has 1 amide bonds. The van der Waals surface area contributed by atoms with Crippen LogP contribution in [0.15, 0.2) is 52.2 Å². The van der Waals surface area contributed by atoms with Gasteiger partial charge >= 0.3 is 0 Å². The Hall–Kier alpha value is -2.92. The van der Waals surface area contributed by atoms with Crippen LogP contribution in [0.4, 0.5) is 5.95 Å². The normalized spacial score (nSPS) is 15.5. The predicted molar refractivity (Wildman–Crippen MR) is 144 cm³/mol. The second-order valence-electron chi connectivity index (χ2n) is 9.12. The molecule has 1 aliphatic rings. The van der Waals surface area contributed by atoms with E-state index in [1.165, 1.54) is 29.8 Å². The van der Waals surface area contributed by atoms with Crippen molar-refractivity contribution in [2.24, 2.45) is 0 Å². The van der Waals surface area contributed by atoms with Gasteiger partial charge in [-0.05, 0) is 76.7 Å². The molecule has 2 aromatic carbocycles. The molecule has 0 aliphatic carbocycles. The van der Waals surface area contributed by atoms with Crippen molar-refractivity contribution in [3.8, 4) is 5.69 Å². The van der Waals surface area contributed by atoms with Crippen LogP contribution < -0.4 is 15.6 Å². The number of hydrogen-bond acceptors (Lipinski definition) is 6. The molecule has 0 saturated carbocycles. The summed E-state index contributed by atoms with van der Waals surface area (Å²) in [6.07, 6.45) is 0.308. The third-order valence-electron chi connectivity index (χ3n) is 6.13. The van der Waals surface area contributed by atoms with E-state index in [4.69, 9.17) is 28.2 Å². The fourth-order valence-electron chi connectivity index (χ4n) is 4.21. The third kappa shape index (κ3) is 5.38. The van der Waals surface area contributed by atoms with Crippen LogP contribution in [0.2, 0.25) is 10.0 Å². The van der Waals surface area contributed by atoms with Crippen molar-refractivity contribution in [1.82, 2.24) is 19.2 Å². The van der Waals surface area contributed by atoms with Crippen LogP contribution in [0.25, 0.3) is 5.69 Å². The number of benzene rings is 2. The van der Waals surface area contributed by atoms with Gasteiger partial charge in [-0.1, -0.05) is 23.2 Å². The van der Waals surface area contributed by atoms with Crippen LogP contribution in [0.1, 0.15) is 42.4 Å². The minimum absolute atomic E-state index is 0.0448. The zero-order chi connectivity index (χ0) is 27.1. The number of sulfonamides is 1. The van der Waals surface area contributed by atoms with Gasteiger partial charge in [-0.3, -0.25) is 9.59 Å². The monoisotopic (exact) mass is 563 g/mol. The number of amides is 1. The maximum absolute atomic E-state index is 13.7. The molecular formula is C25H27Cl2N5O4S. The number of aromatic nitrogens is 2. The molecule has 0 fully saturated rings. The first-order valence-electron chi connectivity index (χ1n) is 11.6. The van der Waals surface area contributed by atoms with Gasteiger partial charge in [-0.15, -0.1) is 0 Å². The largest absolute Gasteiger partial charge is 0.353 e. The second-order valence-corrected chi connectivity index (χ2v) is 11.8. The first-order valence-corrected chi connectivity index (χ1v) is 13.9. The molecule has 0 saturated heterocycles. The van der Waals surface area contributed by atoms with Crippen LogP contribution in [-0.2, 0) is 23.0 Å². The van der Waals surface area contributed by atoms with E-state index in [9.17, 15) is 18.0 Å². The molecule has 3 aromatic rings. The number of nitrogens with one attached hydrogen (secondary N) is 2. The highest BCUT2D eigenvalue weighted by molar-refractivity contribution is 7.89. The summed E-state index contributed by atoms with van der Waals surface area (Å²) in [5.41, 5.74) is 1.61. The van der Waals surface area contributed by atoms with E-state index < -0.39 is 10.0 Å². The van der Waals surface area contributed by atoms with E-state index in [1.807, 2.05) is 20.8 Å². The maximum Gasteiger partial charge on any atom is 0.263 e. The highest BCUT2D eigenvalue weighted by Crippen LogP contribution is 2.27. The van der Waals surface area contributed by atoms with E-state index >= 15 is 0 Å². The minimum Gasteiger partial charge on any atom is -0.353 e. The fraction of sp³-hybridized carbons (Fsp3) is 0.320. The lowest BCUT2D eigenvalue weighted by Crippen LogP contribution is -2.46. The summed E-state index contributed by atoms with van der Waals surface area (Å²) in [7, 11) is -2.29. The number of rotatable bonds is 6. The summed E-state index contributed by atoms with van der Waals surface area (Å²) in [4.78, 5) is 33.5. The van der Waals surface area contributed by atoms with Crippen molar-refractivity contribution in [2.45, 2.75) is 50.7 Å². The van der Waals surface area contributed by atoms with Gasteiger partial charge in [0.15, 0.2) is 0 Å². The predicted octanol–water partition coefficient (Wildman–Crippen LogP) is 3.85. The molecule has 1 aliphatic heterocycles. The minimum atomic E-state index is -3.62. The maximum atomic E-state index is 13.7. The summed E-state index contributed by atoms with van der Waals surface area (Å²) >= 11 is 12.1. The van der Waals surface area contributed by atoms with Crippen LogP contribution in [0.5, 0.6) is 0 Å². The lowest BCUT2D eigenvalue weighted by molar-refractivity contribution is 0.0653. The molecule has 0 radical (unpaired) electrons. The molecule has 1 atom stereocenters. The van der Waals surface area contributed by atoms with Crippen LogP contribution >= 0.6 is 23.2 Å². The van der Waals surface area contributed by atoms with Gasteiger partial charge in [0.25, 0.3) is 11.5 Å². The van der Waals surface area contributed by atoms with Gasteiger partial charge in [-0.2, -0.15) is 0 Å². The number of halogens is 2. The Kier molecular flexibility index (Phi) is 7.66. The molecule has 0 spiro atoms. The van der Waals surface area contributed by atoms with Crippen molar-refractivity contribution in [3.63, 3.8) is 0 Å². The van der Waals surface area contributed by atoms with E-state index in [-0.39, 0.29) is 40.0 Å². The second kappa shape index (κ2) is 10.4. The molecule has 9 nitrogen and oxygen atoms in total. The standard InChI is InChI=1S/C25H27Cl2N5O4S/c1-14(2)29-25-30-22-13-31(23(33)16-5-10-20(26)21(27)12-16)15(3)11-19(22)24(34)32(25)17-6-8-18(9-7-17)37(35,36)28-4/h5-10,12,14-15,28H,11,13H2,1-4H3,(H,29,30)/t15-/m1/s1. The lowest BCUT2D eigenvalue weighted by Gasteiger charge is -2.34. The molecular weight excluding hydrogens is 537 g/mol. The van der Waals surface area contributed by atoms with Crippen molar-refractivity contribution < 1.29 is 13.2 Å². The van der Waals surface area contributed by atoms with Crippen molar-refractivity contribution >= 4 is 45.1 Å². The Balaban J connectivity index is 1.77. The van der Waals surface area contributed by atoms with Gasteiger partial charge < -0.3 is 10.2 Å². The quantitative estimate of drug-likeness (QED) is 0.470. The lowest BCUT2D eigenvalue weighted by atomic mass is 9.98. The van der Waals surface area contributed by atoms with E-state index in [0.717, 1.165) is 0 Å². The first-order chi connectivity index (χ1) is 17.4. The number of nitrogens with zero attached hydrogens (tertiary/aromatic N) is 3. The fourth-order valence-corrected chi connectivity index (χ4v) is 5.24. The summed E-state index contributed by atoms with van der Waals surface area (Å²) < 4.78 is 28.0. The van der Waals surface area contributed by atoms with E-state index in [1.54, 1.807) is 29.2 Å². The van der Waals surface area contributed by atoms with Crippen LogP contribution in [0, 0.1) is 0 Å².